The number of anilines is 1. The Kier molecular flexibility index (Phi) is 9.91. The Balaban J connectivity index is 2.38. The van der Waals surface area contributed by atoms with Crippen molar-refractivity contribution in [3.8, 4) is 5.75 Å². The number of benzene rings is 2. The molecule has 0 bridgehead atoms. The zero-order valence-electron chi connectivity index (χ0n) is 20.4. The highest BCUT2D eigenvalue weighted by molar-refractivity contribution is 7.92. The van der Waals surface area contributed by atoms with E-state index >= 15 is 0 Å². The normalized spacial score (nSPS) is 12.2. The number of carbonyl (C=O) groups excluding carboxylic acids is 2. The van der Waals surface area contributed by atoms with Gasteiger partial charge in [0.05, 0.1) is 24.1 Å². The zero-order valence-corrected chi connectivity index (χ0v) is 22.0. The van der Waals surface area contributed by atoms with Crippen LogP contribution in [0.25, 0.3) is 0 Å². The molecule has 11 heteroatoms. The van der Waals surface area contributed by atoms with E-state index in [1.165, 1.54) is 18.1 Å². The van der Waals surface area contributed by atoms with Gasteiger partial charge < -0.3 is 15.0 Å². The fraction of sp³-hybridized carbons (Fsp3) is 0.417. The minimum absolute atomic E-state index is 0.0357. The molecule has 0 spiro atoms. The number of nitrogens with one attached hydrogen (secondary N) is 1. The van der Waals surface area contributed by atoms with Crippen LogP contribution in [-0.4, -0.2) is 57.6 Å². The SMILES string of the molecule is COc1ccc(CN(C(=O)CN(c2ccc(F)c(Cl)c2)S(C)(=O)=O)[C@H](C)C(=O)NCC(C)C)cc1. The van der Waals surface area contributed by atoms with Crippen LogP contribution in [0.2, 0.25) is 5.02 Å². The average Bonchev–Trinajstić information content (AvgIpc) is 2.80. The fourth-order valence-electron chi connectivity index (χ4n) is 3.22. The number of methoxy groups -OCH3 is 1. The van der Waals surface area contributed by atoms with Crippen molar-refractivity contribution in [2.24, 2.45) is 5.92 Å². The summed E-state index contributed by atoms with van der Waals surface area (Å²) in [4.78, 5) is 27.6. The summed E-state index contributed by atoms with van der Waals surface area (Å²) >= 11 is 5.84. The molecule has 35 heavy (non-hydrogen) atoms. The van der Waals surface area contributed by atoms with Crippen molar-refractivity contribution >= 4 is 39.1 Å². The minimum atomic E-state index is -3.94. The number of halogens is 2. The quantitative estimate of drug-likeness (QED) is 0.483. The highest BCUT2D eigenvalue weighted by Gasteiger charge is 2.30. The molecule has 0 saturated carbocycles. The van der Waals surface area contributed by atoms with E-state index in [9.17, 15) is 22.4 Å². The molecule has 2 rings (SSSR count). The summed E-state index contributed by atoms with van der Waals surface area (Å²) in [5, 5.41) is 2.53. The topological polar surface area (TPSA) is 96.0 Å². The molecule has 192 valence electrons. The van der Waals surface area contributed by atoms with Crippen molar-refractivity contribution in [3.63, 3.8) is 0 Å². The van der Waals surface area contributed by atoms with Crippen molar-refractivity contribution in [1.29, 1.82) is 0 Å². The average molecular weight is 528 g/mol. The number of rotatable bonds is 11. The van der Waals surface area contributed by atoms with Crippen molar-refractivity contribution < 1.29 is 27.1 Å². The van der Waals surface area contributed by atoms with Crippen LogP contribution in [-0.2, 0) is 26.2 Å². The van der Waals surface area contributed by atoms with Gasteiger partial charge in [-0.25, -0.2) is 12.8 Å². The van der Waals surface area contributed by atoms with Crippen LogP contribution in [0.3, 0.4) is 0 Å². The van der Waals surface area contributed by atoms with Crippen LogP contribution in [0, 0.1) is 11.7 Å². The predicted octanol–water partition coefficient (Wildman–Crippen LogP) is 3.44. The van der Waals surface area contributed by atoms with E-state index in [2.05, 4.69) is 5.32 Å². The number of carbonyl (C=O) groups is 2. The molecule has 0 radical (unpaired) electrons. The van der Waals surface area contributed by atoms with Crippen LogP contribution in [0.5, 0.6) is 5.75 Å². The van der Waals surface area contributed by atoms with Gasteiger partial charge in [0.1, 0.15) is 24.2 Å². The first kappa shape index (κ1) is 28.4. The second-order valence-corrected chi connectivity index (χ2v) is 10.9. The van der Waals surface area contributed by atoms with Gasteiger partial charge in [-0.2, -0.15) is 0 Å². The molecule has 0 saturated heterocycles. The van der Waals surface area contributed by atoms with Crippen molar-refractivity contribution in [2.45, 2.75) is 33.4 Å². The molecule has 0 heterocycles. The highest BCUT2D eigenvalue weighted by Crippen LogP contribution is 2.25. The van der Waals surface area contributed by atoms with E-state index < -0.39 is 34.3 Å². The Morgan fingerprint density at radius 3 is 2.26 bits per heavy atom. The summed E-state index contributed by atoms with van der Waals surface area (Å²) in [6.07, 6.45) is 0.935. The van der Waals surface area contributed by atoms with Gasteiger partial charge in [0.15, 0.2) is 0 Å². The second-order valence-electron chi connectivity index (χ2n) is 8.55. The summed E-state index contributed by atoms with van der Waals surface area (Å²) in [7, 11) is -2.40. The zero-order chi connectivity index (χ0) is 26.3. The second kappa shape index (κ2) is 12.2. The Bertz CT molecular complexity index is 1140. The van der Waals surface area contributed by atoms with Gasteiger partial charge in [-0.15, -0.1) is 0 Å². The van der Waals surface area contributed by atoms with E-state index in [-0.39, 0.29) is 29.1 Å². The first-order valence-electron chi connectivity index (χ1n) is 11.0. The van der Waals surface area contributed by atoms with E-state index in [0.717, 1.165) is 28.3 Å². The summed E-state index contributed by atoms with van der Waals surface area (Å²) in [6, 6.07) is 9.46. The maximum absolute atomic E-state index is 13.6. The van der Waals surface area contributed by atoms with E-state index in [1.807, 2.05) is 13.8 Å². The van der Waals surface area contributed by atoms with Crippen LogP contribution < -0.4 is 14.4 Å². The lowest BCUT2D eigenvalue weighted by Crippen LogP contribution is -2.51. The first-order valence-corrected chi connectivity index (χ1v) is 13.2. The van der Waals surface area contributed by atoms with E-state index in [4.69, 9.17) is 16.3 Å². The maximum atomic E-state index is 13.6. The van der Waals surface area contributed by atoms with Crippen molar-refractivity contribution in [3.05, 3.63) is 58.9 Å². The third-order valence-corrected chi connectivity index (χ3v) is 6.66. The predicted molar refractivity (Wildman–Crippen MR) is 134 cm³/mol. The lowest BCUT2D eigenvalue weighted by molar-refractivity contribution is -0.139. The fourth-order valence-corrected chi connectivity index (χ4v) is 4.23. The van der Waals surface area contributed by atoms with E-state index in [0.29, 0.717) is 12.3 Å². The standard InChI is InChI=1S/C24H31ClFN3O5S/c1-16(2)13-27-24(31)17(3)28(14-18-6-9-20(34-4)10-7-18)23(30)15-29(35(5,32)33)19-8-11-22(26)21(25)12-19/h6-12,16-17H,13-15H2,1-5H3,(H,27,31)/t17-/m1/s1. The largest absolute Gasteiger partial charge is 0.497 e. The molecule has 0 aromatic heterocycles. The molecule has 2 amide bonds. The van der Waals surface area contributed by atoms with Gasteiger partial charge in [-0.3, -0.25) is 13.9 Å². The maximum Gasteiger partial charge on any atom is 0.244 e. The van der Waals surface area contributed by atoms with Crippen molar-refractivity contribution in [1.82, 2.24) is 10.2 Å². The highest BCUT2D eigenvalue weighted by atomic mass is 35.5. The van der Waals surface area contributed by atoms with Gasteiger partial charge in [0, 0.05) is 13.1 Å². The molecule has 1 N–H and O–H groups in total. The van der Waals surface area contributed by atoms with Gasteiger partial charge >= 0.3 is 0 Å². The molecular weight excluding hydrogens is 497 g/mol. The minimum Gasteiger partial charge on any atom is -0.497 e. The molecule has 2 aromatic rings. The van der Waals surface area contributed by atoms with Crippen LogP contribution in [0.15, 0.2) is 42.5 Å². The Morgan fingerprint density at radius 1 is 1.11 bits per heavy atom. The Hall–Kier alpha value is -2.85. The number of sulfonamides is 1. The number of ether oxygens (including phenoxy) is 1. The molecule has 0 aliphatic heterocycles. The summed E-state index contributed by atoms with van der Waals surface area (Å²) in [5.41, 5.74) is 0.756. The van der Waals surface area contributed by atoms with Gasteiger partial charge in [0.25, 0.3) is 0 Å². The van der Waals surface area contributed by atoms with Crippen LogP contribution in [0.4, 0.5) is 10.1 Å². The molecule has 2 aromatic carbocycles. The van der Waals surface area contributed by atoms with Gasteiger partial charge in [0.2, 0.25) is 21.8 Å². The van der Waals surface area contributed by atoms with Crippen LogP contribution >= 0.6 is 11.6 Å². The van der Waals surface area contributed by atoms with Gasteiger partial charge in [-0.1, -0.05) is 37.6 Å². The molecule has 0 aliphatic carbocycles. The van der Waals surface area contributed by atoms with Crippen LogP contribution in [0.1, 0.15) is 26.3 Å². The molecule has 1 atom stereocenters. The monoisotopic (exact) mass is 527 g/mol. The molecule has 0 unspecified atom stereocenters. The Labute approximate surface area is 211 Å². The number of hydrogen-bond donors (Lipinski definition) is 1. The lowest BCUT2D eigenvalue weighted by atomic mass is 10.1. The Morgan fingerprint density at radius 2 is 1.74 bits per heavy atom. The number of nitrogens with zero attached hydrogens (tertiary/aromatic N) is 2. The summed E-state index contributed by atoms with van der Waals surface area (Å²) < 4.78 is 44.7. The molecule has 0 fully saturated rings. The molecular formula is C24H31ClFN3O5S. The van der Waals surface area contributed by atoms with Gasteiger partial charge in [-0.05, 0) is 48.7 Å². The number of hydrogen-bond acceptors (Lipinski definition) is 5. The third-order valence-electron chi connectivity index (χ3n) is 5.23. The lowest BCUT2D eigenvalue weighted by Gasteiger charge is -2.31. The first-order chi connectivity index (χ1) is 16.3. The summed E-state index contributed by atoms with van der Waals surface area (Å²) in [6.45, 7) is 5.36. The summed E-state index contributed by atoms with van der Waals surface area (Å²) in [5.74, 6) is -0.853. The third kappa shape index (κ3) is 8.10. The number of amides is 2. The molecule has 8 nitrogen and oxygen atoms in total. The van der Waals surface area contributed by atoms with E-state index in [1.54, 1.807) is 31.2 Å². The van der Waals surface area contributed by atoms with Crippen molar-refractivity contribution in [2.75, 3.05) is 30.8 Å². The smallest absolute Gasteiger partial charge is 0.244 e. The molecule has 0 aliphatic rings.